The van der Waals surface area contributed by atoms with Gasteiger partial charge in [0.2, 0.25) is 0 Å². The summed E-state index contributed by atoms with van der Waals surface area (Å²) in [6.45, 7) is 11.1. The average Bonchev–Trinajstić information content (AvgIpc) is 2.76. The Hall–Kier alpha value is -0.830. The highest BCUT2D eigenvalue weighted by Crippen LogP contribution is 2.13. The lowest BCUT2D eigenvalue weighted by Gasteiger charge is -2.24. The van der Waals surface area contributed by atoms with E-state index in [0.717, 1.165) is 19.5 Å². The molecule has 0 bridgehead atoms. The second-order valence-electron chi connectivity index (χ2n) is 4.79. The molecule has 1 rings (SSSR count). The smallest absolute Gasteiger partial charge is 0.110 e. The Kier molecular flexibility index (Phi) is 6.27. The second kappa shape index (κ2) is 7.49. The van der Waals surface area contributed by atoms with Crippen LogP contribution in [0.4, 0.5) is 0 Å². The number of aromatic nitrogens is 2. The van der Waals surface area contributed by atoms with Crippen molar-refractivity contribution in [1.29, 1.82) is 0 Å². The zero-order valence-electron chi connectivity index (χ0n) is 11.7. The second-order valence-corrected chi connectivity index (χ2v) is 4.79. The summed E-state index contributed by atoms with van der Waals surface area (Å²) in [5.41, 5.74) is 0. The van der Waals surface area contributed by atoms with Crippen molar-refractivity contribution in [2.45, 2.75) is 59.5 Å². The van der Waals surface area contributed by atoms with Gasteiger partial charge in [0.15, 0.2) is 0 Å². The van der Waals surface area contributed by atoms with Crippen LogP contribution in [-0.4, -0.2) is 22.1 Å². The van der Waals surface area contributed by atoms with Gasteiger partial charge in [-0.3, -0.25) is 0 Å². The molecule has 2 unspecified atom stereocenters. The zero-order chi connectivity index (χ0) is 12.7. The monoisotopic (exact) mass is 237 g/mol. The van der Waals surface area contributed by atoms with Crippen LogP contribution in [-0.2, 0) is 13.0 Å². The van der Waals surface area contributed by atoms with E-state index in [-0.39, 0.29) is 0 Å². The molecule has 3 nitrogen and oxygen atoms in total. The molecule has 1 heterocycles. The fourth-order valence-corrected chi connectivity index (χ4v) is 2.19. The van der Waals surface area contributed by atoms with Crippen LogP contribution in [0.15, 0.2) is 12.4 Å². The molecule has 1 N–H and O–H groups in total. The molecule has 0 saturated heterocycles. The first-order chi connectivity index (χ1) is 8.22. The molecule has 0 amide bonds. The van der Waals surface area contributed by atoms with Gasteiger partial charge in [0, 0.05) is 31.4 Å². The van der Waals surface area contributed by atoms with Crippen LogP contribution in [0.5, 0.6) is 0 Å². The lowest BCUT2D eigenvalue weighted by atomic mass is 9.96. The quantitative estimate of drug-likeness (QED) is 0.753. The van der Waals surface area contributed by atoms with Crippen LogP contribution in [0.2, 0.25) is 0 Å². The largest absolute Gasteiger partial charge is 0.335 e. The normalized spacial score (nSPS) is 14.8. The number of hydrogen-bond donors (Lipinski definition) is 1. The number of nitrogens with zero attached hydrogens (tertiary/aromatic N) is 2. The first kappa shape index (κ1) is 14.2. The summed E-state index contributed by atoms with van der Waals surface area (Å²) in [5, 5.41) is 3.59. The fraction of sp³-hybridized carbons (Fsp3) is 0.786. The van der Waals surface area contributed by atoms with Crippen LogP contribution in [0.3, 0.4) is 0 Å². The van der Waals surface area contributed by atoms with E-state index < -0.39 is 0 Å². The number of rotatable bonds is 8. The summed E-state index contributed by atoms with van der Waals surface area (Å²) in [4.78, 5) is 4.50. The first-order valence-corrected chi connectivity index (χ1v) is 6.96. The Labute approximate surface area is 106 Å². The average molecular weight is 237 g/mol. The molecule has 1 aromatic heterocycles. The van der Waals surface area contributed by atoms with Gasteiger partial charge in [-0.2, -0.15) is 0 Å². The molecule has 0 aliphatic heterocycles. The predicted octanol–water partition coefficient (Wildman–Crippen LogP) is 2.86. The summed E-state index contributed by atoms with van der Waals surface area (Å²) in [7, 11) is 0. The van der Waals surface area contributed by atoms with Crippen LogP contribution < -0.4 is 5.32 Å². The van der Waals surface area contributed by atoms with Gasteiger partial charge >= 0.3 is 0 Å². The van der Waals surface area contributed by atoms with Gasteiger partial charge in [-0.05, 0) is 18.9 Å². The lowest BCUT2D eigenvalue weighted by molar-refractivity contribution is 0.361. The van der Waals surface area contributed by atoms with Crippen molar-refractivity contribution < 1.29 is 0 Å². The van der Waals surface area contributed by atoms with Gasteiger partial charge in [0.1, 0.15) is 5.82 Å². The molecule has 98 valence electrons. The number of nitrogens with one attached hydrogen (secondary N) is 1. The maximum Gasteiger partial charge on any atom is 0.110 e. The van der Waals surface area contributed by atoms with Crippen molar-refractivity contribution in [3.05, 3.63) is 18.2 Å². The Morgan fingerprint density at radius 2 is 2.12 bits per heavy atom. The van der Waals surface area contributed by atoms with Gasteiger partial charge < -0.3 is 9.88 Å². The van der Waals surface area contributed by atoms with E-state index in [1.54, 1.807) is 0 Å². The van der Waals surface area contributed by atoms with Crippen LogP contribution in [0.1, 0.15) is 46.4 Å². The zero-order valence-corrected chi connectivity index (χ0v) is 11.7. The lowest BCUT2D eigenvalue weighted by Crippen LogP contribution is -2.37. The van der Waals surface area contributed by atoms with E-state index in [9.17, 15) is 0 Å². The molecule has 0 fully saturated rings. The molecule has 0 spiro atoms. The Morgan fingerprint density at radius 1 is 1.35 bits per heavy atom. The maximum absolute atomic E-state index is 4.50. The molecular weight excluding hydrogens is 210 g/mol. The predicted molar refractivity (Wildman–Crippen MR) is 73.1 cm³/mol. The Balaban J connectivity index is 2.67. The van der Waals surface area contributed by atoms with Crippen molar-refractivity contribution >= 4 is 0 Å². The van der Waals surface area contributed by atoms with Gasteiger partial charge in [-0.15, -0.1) is 0 Å². The number of imidazole rings is 1. The topological polar surface area (TPSA) is 29.9 Å². The minimum absolute atomic E-state index is 0.544. The number of likely N-dealkylation sites (N-methyl/N-ethyl adjacent to an activating group) is 1. The van der Waals surface area contributed by atoms with E-state index >= 15 is 0 Å². The van der Waals surface area contributed by atoms with Crippen LogP contribution in [0, 0.1) is 5.92 Å². The molecule has 1 aromatic rings. The van der Waals surface area contributed by atoms with Gasteiger partial charge in [0.25, 0.3) is 0 Å². The SMILES string of the molecule is CCCn1ccnc1CC(NCC)C(C)CC. The van der Waals surface area contributed by atoms with Gasteiger partial charge in [-0.1, -0.05) is 34.1 Å². The van der Waals surface area contributed by atoms with Crippen LogP contribution in [0.25, 0.3) is 0 Å². The summed E-state index contributed by atoms with van der Waals surface area (Å²) < 4.78 is 2.28. The third-order valence-electron chi connectivity index (χ3n) is 3.47. The van der Waals surface area contributed by atoms with E-state index in [1.807, 2.05) is 6.20 Å². The van der Waals surface area contributed by atoms with E-state index in [2.05, 4.69) is 48.8 Å². The molecule has 0 aromatic carbocycles. The fourth-order valence-electron chi connectivity index (χ4n) is 2.19. The molecule has 2 atom stereocenters. The van der Waals surface area contributed by atoms with Gasteiger partial charge in [-0.25, -0.2) is 4.98 Å². The highest BCUT2D eigenvalue weighted by atomic mass is 15.1. The minimum atomic E-state index is 0.544. The summed E-state index contributed by atoms with van der Waals surface area (Å²) >= 11 is 0. The molecular formula is C14H27N3. The summed E-state index contributed by atoms with van der Waals surface area (Å²) in [6, 6.07) is 0.544. The molecule has 0 radical (unpaired) electrons. The molecule has 0 saturated carbocycles. The van der Waals surface area contributed by atoms with E-state index in [0.29, 0.717) is 12.0 Å². The van der Waals surface area contributed by atoms with Gasteiger partial charge in [0.05, 0.1) is 0 Å². The minimum Gasteiger partial charge on any atom is -0.335 e. The molecule has 0 aliphatic rings. The highest BCUT2D eigenvalue weighted by Gasteiger charge is 2.17. The first-order valence-electron chi connectivity index (χ1n) is 6.96. The number of hydrogen-bond acceptors (Lipinski definition) is 2. The summed E-state index contributed by atoms with van der Waals surface area (Å²) in [5.74, 6) is 1.92. The third-order valence-corrected chi connectivity index (χ3v) is 3.47. The maximum atomic E-state index is 4.50. The highest BCUT2D eigenvalue weighted by molar-refractivity contribution is 4.96. The Morgan fingerprint density at radius 3 is 2.71 bits per heavy atom. The van der Waals surface area contributed by atoms with Crippen LogP contribution >= 0.6 is 0 Å². The summed E-state index contributed by atoms with van der Waals surface area (Å²) in [6.07, 6.45) is 7.43. The standard InChI is InChI=1S/C14H27N3/c1-5-9-17-10-8-16-14(17)11-13(15-7-3)12(4)6-2/h8,10,12-13,15H,5-7,9,11H2,1-4H3. The molecule has 0 aliphatic carbocycles. The van der Waals surface area contributed by atoms with Crippen molar-refractivity contribution in [3.63, 3.8) is 0 Å². The van der Waals surface area contributed by atoms with Crippen molar-refractivity contribution in [3.8, 4) is 0 Å². The van der Waals surface area contributed by atoms with E-state index in [1.165, 1.54) is 18.7 Å². The molecule has 3 heteroatoms. The van der Waals surface area contributed by atoms with Crippen molar-refractivity contribution in [2.24, 2.45) is 5.92 Å². The van der Waals surface area contributed by atoms with Crippen molar-refractivity contribution in [1.82, 2.24) is 14.9 Å². The molecule has 17 heavy (non-hydrogen) atoms. The third kappa shape index (κ3) is 4.15. The van der Waals surface area contributed by atoms with Crippen molar-refractivity contribution in [2.75, 3.05) is 6.54 Å². The number of aryl methyl sites for hydroxylation is 1. The Bertz CT molecular complexity index is 306. The van der Waals surface area contributed by atoms with E-state index in [4.69, 9.17) is 0 Å².